The standard InChI is InChI=1S/C16H27NO10/c1-7(3-8(2)18)14(22)26-6-9(19)4-11-12(13(17)21)10(20)5-16(25,27-11)15(23)24/h7,9-13,19-21,25H,3-6,17H2,1-2H3,(H,23,24)/t7-,9+,10?,11?,12?,13+,16?/m1/s1. The van der Waals surface area contributed by atoms with Crippen LogP contribution >= 0.6 is 0 Å². The van der Waals surface area contributed by atoms with Crippen molar-refractivity contribution in [2.45, 2.75) is 63.4 Å². The van der Waals surface area contributed by atoms with E-state index in [0.29, 0.717) is 0 Å². The topological polar surface area (TPSA) is 197 Å². The van der Waals surface area contributed by atoms with Crippen LogP contribution in [0.4, 0.5) is 0 Å². The summed E-state index contributed by atoms with van der Waals surface area (Å²) in [6.45, 7) is 2.33. The summed E-state index contributed by atoms with van der Waals surface area (Å²) in [5.74, 6) is -7.22. The van der Waals surface area contributed by atoms with Gasteiger partial charge in [-0.1, -0.05) is 6.92 Å². The van der Waals surface area contributed by atoms with Gasteiger partial charge in [0.25, 0.3) is 5.79 Å². The van der Waals surface area contributed by atoms with E-state index in [0.717, 1.165) is 0 Å². The van der Waals surface area contributed by atoms with Crippen LogP contribution in [0.1, 0.15) is 33.1 Å². The smallest absolute Gasteiger partial charge is 0.364 e. The van der Waals surface area contributed by atoms with Crippen LogP contribution in [0.15, 0.2) is 0 Å². The van der Waals surface area contributed by atoms with E-state index in [4.69, 9.17) is 20.3 Å². The Morgan fingerprint density at radius 1 is 1.33 bits per heavy atom. The number of carbonyl (C=O) groups is 3. The van der Waals surface area contributed by atoms with E-state index in [1.807, 2.05) is 0 Å². The molecule has 1 saturated heterocycles. The Labute approximate surface area is 155 Å². The van der Waals surface area contributed by atoms with Crippen LogP contribution in [-0.2, 0) is 23.9 Å². The zero-order chi connectivity index (χ0) is 20.9. The lowest BCUT2D eigenvalue weighted by molar-refractivity contribution is -0.296. The van der Waals surface area contributed by atoms with Gasteiger partial charge in [0.1, 0.15) is 18.6 Å². The van der Waals surface area contributed by atoms with Crippen LogP contribution in [0.2, 0.25) is 0 Å². The zero-order valence-electron chi connectivity index (χ0n) is 15.1. The van der Waals surface area contributed by atoms with Crippen molar-refractivity contribution >= 4 is 17.7 Å². The summed E-state index contributed by atoms with van der Waals surface area (Å²) in [6, 6.07) is 0. The van der Waals surface area contributed by atoms with E-state index in [9.17, 15) is 34.8 Å². The molecule has 1 fully saturated rings. The molecule has 156 valence electrons. The highest BCUT2D eigenvalue weighted by molar-refractivity contribution is 5.82. The maximum Gasteiger partial charge on any atom is 0.364 e. The summed E-state index contributed by atoms with van der Waals surface area (Å²) < 4.78 is 9.97. The summed E-state index contributed by atoms with van der Waals surface area (Å²) in [5.41, 5.74) is 5.38. The number of ether oxygens (including phenoxy) is 2. The van der Waals surface area contributed by atoms with Crippen LogP contribution in [0.3, 0.4) is 0 Å². The Kier molecular flexibility index (Phi) is 8.26. The molecule has 0 saturated carbocycles. The lowest BCUT2D eigenvalue weighted by Gasteiger charge is -2.43. The highest BCUT2D eigenvalue weighted by Gasteiger charge is 2.52. The van der Waals surface area contributed by atoms with Gasteiger partial charge in [-0.2, -0.15) is 0 Å². The molecule has 0 aliphatic carbocycles. The van der Waals surface area contributed by atoms with Crippen LogP contribution in [0, 0.1) is 11.8 Å². The molecule has 7 atom stereocenters. The van der Waals surface area contributed by atoms with Crippen LogP contribution < -0.4 is 5.73 Å². The Morgan fingerprint density at radius 3 is 2.41 bits per heavy atom. The summed E-state index contributed by atoms with van der Waals surface area (Å²) in [7, 11) is 0. The van der Waals surface area contributed by atoms with Crippen LogP contribution in [-0.4, -0.2) is 80.2 Å². The van der Waals surface area contributed by atoms with E-state index in [-0.39, 0.29) is 18.6 Å². The molecule has 0 aromatic heterocycles. The summed E-state index contributed by atoms with van der Waals surface area (Å²) in [6.07, 6.45) is -6.89. The van der Waals surface area contributed by atoms with Crippen molar-refractivity contribution in [2.24, 2.45) is 17.6 Å². The number of hydrogen-bond donors (Lipinski definition) is 6. The third-order valence-electron chi connectivity index (χ3n) is 4.35. The Morgan fingerprint density at radius 2 is 1.93 bits per heavy atom. The fraction of sp³-hybridized carbons (Fsp3) is 0.812. The molecule has 1 aliphatic heterocycles. The van der Waals surface area contributed by atoms with Crippen molar-refractivity contribution < 1.29 is 49.4 Å². The van der Waals surface area contributed by atoms with Gasteiger partial charge in [-0.3, -0.25) is 4.79 Å². The number of carboxylic acid groups (broad SMARTS) is 1. The van der Waals surface area contributed by atoms with Crippen LogP contribution in [0.25, 0.3) is 0 Å². The number of Topliss-reactive ketones (excluding diaryl/α,β-unsaturated/α-hetero) is 1. The van der Waals surface area contributed by atoms with Gasteiger partial charge < -0.3 is 45.5 Å². The first-order valence-electron chi connectivity index (χ1n) is 8.46. The maximum absolute atomic E-state index is 11.8. The molecular weight excluding hydrogens is 366 g/mol. The molecule has 4 unspecified atom stereocenters. The van der Waals surface area contributed by atoms with Gasteiger partial charge in [-0.15, -0.1) is 0 Å². The number of aliphatic hydroxyl groups is 4. The molecule has 7 N–H and O–H groups in total. The number of carbonyl (C=O) groups excluding carboxylic acids is 2. The normalized spacial score (nSPS) is 31.6. The van der Waals surface area contributed by atoms with E-state index in [1.54, 1.807) is 0 Å². The van der Waals surface area contributed by atoms with Gasteiger partial charge in [0, 0.05) is 19.3 Å². The number of esters is 1. The van der Waals surface area contributed by atoms with E-state index in [1.165, 1.54) is 13.8 Å². The van der Waals surface area contributed by atoms with Crippen molar-refractivity contribution in [3.63, 3.8) is 0 Å². The largest absolute Gasteiger partial charge is 0.477 e. The SMILES string of the molecule is CC(=O)C[C@@H](C)C(=O)OC[C@@H](O)CC1OC(O)(C(=O)O)CC(O)C1[C@@H](N)O. The van der Waals surface area contributed by atoms with Crippen molar-refractivity contribution in [1.29, 1.82) is 0 Å². The third kappa shape index (κ3) is 6.48. The number of aliphatic carboxylic acids is 1. The molecule has 1 aliphatic rings. The Balaban J connectivity index is 2.72. The predicted molar refractivity (Wildman–Crippen MR) is 87.8 cm³/mol. The lowest BCUT2D eigenvalue weighted by atomic mass is 9.83. The van der Waals surface area contributed by atoms with Crippen molar-refractivity contribution in [2.75, 3.05) is 6.61 Å². The zero-order valence-corrected chi connectivity index (χ0v) is 15.1. The number of rotatable bonds is 9. The first-order valence-corrected chi connectivity index (χ1v) is 8.46. The number of ketones is 1. The maximum atomic E-state index is 11.8. The number of hydrogen-bond acceptors (Lipinski definition) is 10. The van der Waals surface area contributed by atoms with E-state index >= 15 is 0 Å². The summed E-state index contributed by atoms with van der Waals surface area (Å²) >= 11 is 0. The predicted octanol–water partition coefficient (Wildman–Crippen LogP) is -2.29. The van der Waals surface area contributed by atoms with Gasteiger partial charge in [-0.05, 0) is 6.92 Å². The Bertz CT molecular complexity index is 553. The highest BCUT2D eigenvalue weighted by Crippen LogP contribution is 2.35. The second-order valence-electron chi connectivity index (χ2n) is 6.91. The minimum Gasteiger partial charge on any atom is -0.477 e. The molecule has 11 heteroatoms. The minimum atomic E-state index is -2.71. The van der Waals surface area contributed by atoms with Gasteiger partial charge in [0.2, 0.25) is 0 Å². The fourth-order valence-electron chi connectivity index (χ4n) is 3.01. The summed E-state index contributed by atoms with van der Waals surface area (Å²) in [4.78, 5) is 33.9. The van der Waals surface area contributed by atoms with Gasteiger partial charge >= 0.3 is 11.9 Å². The fourth-order valence-corrected chi connectivity index (χ4v) is 3.01. The Hall–Kier alpha value is -1.63. The molecule has 27 heavy (non-hydrogen) atoms. The average molecular weight is 393 g/mol. The molecule has 0 aromatic rings. The van der Waals surface area contributed by atoms with E-state index < -0.39 is 67.1 Å². The van der Waals surface area contributed by atoms with Gasteiger partial charge in [-0.25, -0.2) is 4.79 Å². The molecule has 11 nitrogen and oxygen atoms in total. The van der Waals surface area contributed by atoms with Crippen molar-refractivity contribution in [3.8, 4) is 0 Å². The minimum absolute atomic E-state index is 0.0139. The number of carboxylic acids is 1. The quantitative estimate of drug-likeness (QED) is 0.182. The first-order chi connectivity index (χ1) is 12.4. The molecule has 0 bridgehead atoms. The van der Waals surface area contributed by atoms with Gasteiger partial charge in [0.05, 0.1) is 30.1 Å². The average Bonchev–Trinajstić information content (AvgIpc) is 2.50. The second kappa shape index (κ2) is 9.53. The monoisotopic (exact) mass is 393 g/mol. The molecule has 0 spiro atoms. The van der Waals surface area contributed by atoms with Crippen LogP contribution in [0.5, 0.6) is 0 Å². The molecule has 1 heterocycles. The lowest BCUT2D eigenvalue weighted by Crippen LogP contribution is -2.60. The molecule has 1 rings (SSSR count). The molecule has 0 amide bonds. The van der Waals surface area contributed by atoms with Crippen molar-refractivity contribution in [1.82, 2.24) is 0 Å². The third-order valence-corrected chi connectivity index (χ3v) is 4.35. The number of aliphatic hydroxyl groups excluding tert-OH is 3. The van der Waals surface area contributed by atoms with Gasteiger partial charge in [0.15, 0.2) is 0 Å². The first kappa shape index (κ1) is 23.4. The second-order valence-corrected chi connectivity index (χ2v) is 6.91. The molecule has 0 aromatic carbocycles. The van der Waals surface area contributed by atoms with E-state index in [2.05, 4.69) is 0 Å². The number of nitrogens with two attached hydrogens (primary N) is 1. The molecule has 0 radical (unpaired) electrons. The van der Waals surface area contributed by atoms with Crippen molar-refractivity contribution in [3.05, 3.63) is 0 Å². The summed E-state index contributed by atoms with van der Waals surface area (Å²) in [5, 5.41) is 48.8. The highest BCUT2D eigenvalue weighted by atomic mass is 16.7. The molecular formula is C16H27NO10.